The van der Waals surface area contributed by atoms with Gasteiger partial charge in [-0.1, -0.05) is 46.6 Å². The number of nitrogens with zero attached hydrogens (tertiary/aromatic N) is 2. The van der Waals surface area contributed by atoms with Crippen molar-refractivity contribution < 1.29 is 18.0 Å². The summed E-state index contributed by atoms with van der Waals surface area (Å²) in [5.74, 6) is -0.596. The molecule has 28 heavy (non-hydrogen) atoms. The molecule has 3 rings (SSSR count). The Labute approximate surface area is 173 Å². The average Bonchev–Trinajstić information content (AvgIpc) is 2.97. The number of fused-ring (bicyclic) bond motifs is 1. The van der Waals surface area contributed by atoms with E-state index in [4.69, 9.17) is 11.6 Å². The number of hydrogen-bond acceptors (Lipinski definition) is 3. The lowest BCUT2D eigenvalue weighted by Gasteiger charge is -2.33. The zero-order valence-corrected chi connectivity index (χ0v) is 17.5. The van der Waals surface area contributed by atoms with Crippen LogP contribution in [-0.2, 0) is 0 Å². The van der Waals surface area contributed by atoms with Gasteiger partial charge in [0.25, 0.3) is 5.91 Å². The van der Waals surface area contributed by atoms with Gasteiger partial charge in [0, 0.05) is 16.9 Å². The normalized spacial score (nSPS) is 20.2. The van der Waals surface area contributed by atoms with E-state index in [2.05, 4.69) is 31.7 Å². The van der Waals surface area contributed by atoms with Gasteiger partial charge in [0.15, 0.2) is 11.7 Å². The fourth-order valence-corrected chi connectivity index (χ4v) is 3.57. The van der Waals surface area contributed by atoms with Crippen molar-refractivity contribution in [3.05, 3.63) is 45.0 Å². The molecule has 2 N–H and O–H groups in total. The highest BCUT2D eigenvalue weighted by Gasteiger charge is 2.47. The second-order valence-electron chi connectivity index (χ2n) is 6.78. The lowest BCUT2D eigenvalue weighted by atomic mass is 9.97. The van der Waals surface area contributed by atoms with E-state index in [-0.39, 0.29) is 29.0 Å². The second-order valence-corrected chi connectivity index (χ2v) is 8.07. The molecule has 5 nitrogen and oxygen atoms in total. The summed E-state index contributed by atoms with van der Waals surface area (Å²) in [5.41, 5.74) is 0.474. The number of carbonyl (C=O) groups excluding carboxylic acids is 1. The first kappa shape index (κ1) is 21.0. The topological polar surface area (TPSA) is 59.0 Å². The van der Waals surface area contributed by atoms with Gasteiger partial charge in [-0.25, -0.2) is 4.68 Å². The number of rotatable bonds is 4. The Morgan fingerprint density at radius 1 is 1.43 bits per heavy atom. The van der Waals surface area contributed by atoms with E-state index in [1.54, 1.807) is 31.2 Å². The minimum Gasteiger partial charge on any atom is -0.362 e. The molecule has 0 radical (unpaired) electrons. The van der Waals surface area contributed by atoms with Crippen molar-refractivity contribution in [1.82, 2.24) is 15.1 Å². The number of hydrogen-bond donors (Lipinski definition) is 2. The summed E-state index contributed by atoms with van der Waals surface area (Å²) in [6, 6.07) is 4.35. The largest absolute Gasteiger partial charge is 0.410 e. The third-order valence-electron chi connectivity index (χ3n) is 4.77. The molecule has 0 spiro atoms. The lowest BCUT2D eigenvalue weighted by molar-refractivity contribution is -0.173. The zero-order valence-electron chi connectivity index (χ0n) is 15.1. The monoisotopic (exact) mass is 478 g/mol. The Morgan fingerprint density at radius 2 is 2.07 bits per heavy atom. The van der Waals surface area contributed by atoms with Crippen LogP contribution in [-0.4, -0.2) is 27.9 Å². The number of alkyl halides is 3. The molecule has 3 atom stereocenters. The molecule has 1 amide bonds. The van der Waals surface area contributed by atoms with Crippen LogP contribution < -0.4 is 10.6 Å². The Hall–Kier alpha value is -1.74. The maximum atomic E-state index is 13.7. The van der Waals surface area contributed by atoms with Crippen LogP contribution in [0.2, 0.25) is 5.02 Å². The summed E-state index contributed by atoms with van der Waals surface area (Å²) < 4.78 is 42.8. The maximum absolute atomic E-state index is 13.7. The molecule has 1 aromatic heterocycles. The van der Waals surface area contributed by atoms with E-state index >= 15 is 0 Å². The molecular weight excluding hydrogens is 461 g/mol. The molecular formula is C18H19BrClF3N4O. The van der Waals surface area contributed by atoms with Crippen LogP contribution in [0.3, 0.4) is 0 Å². The summed E-state index contributed by atoms with van der Waals surface area (Å²) >= 11 is 9.59. The minimum atomic E-state index is -4.54. The number of carbonyl (C=O) groups is 1. The summed E-state index contributed by atoms with van der Waals surface area (Å²) in [6.45, 7) is 3.68. The second kappa shape index (κ2) is 7.94. The number of halogens is 5. The molecule has 152 valence electrons. The number of aromatic nitrogens is 2. The van der Waals surface area contributed by atoms with Crippen molar-refractivity contribution in [2.75, 3.05) is 5.32 Å². The third-order valence-corrected chi connectivity index (χ3v) is 5.66. The standard InChI is InChI=1S/C18H19BrClF3N4O/c1-3-9(2)24-17(28)15-14(20)16-25-12(10-4-6-11(19)7-5-10)8-13(18(21,22)23)27(16)26-15/h4-7,9,12-13,25H,3,8H2,1-2H3,(H,24,28)/t9-,12-,13+/m0/s1. The van der Waals surface area contributed by atoms with Crippen LogP contribution in [0, 0.1) is 0 Å². The van der Waals surface area contributed by atoms with Gasteiger partial charge in [0.05, 0.1) is 6.04 Å². The van der Waals surface area contributed by atoms with Gasteiger partial charge in [-0.15, -0.1) is 0 Å². The Kier molecular flexibility index (Phi) is 5.95. The zero-order chi connectivity index (χ0) is 20.6. The molecule has 10 heteroatoms. The van der Waals surface area contributed by atoms with E-state index < -0.39 is 24.2 Å². The van der Waals surface area contributed by atoms with E-state index in [1.165, 1.54) is 0 Å². The van der Waals surface area contributed by atoms with Gasteiger partial charge >= 0.3 is 6.18 Å². The number of nitrogens with one attached hydrogen (secondary N) is 2. The Bertz CT molecular complexity index is 869. The Morgan fingerprint density at radius 3 is 2.64 bits per heavy atom. The van der Waals surface area contributed by atoms with E-state index in [0.29, 0.717) is 12.0 Å². The van der Waals surface area contributed by atoms with Crippen LogP contribution in [0.25, 0.3) is 0 Å². The first-order chi connectivity index (χ1) is 13.1. The molecule has 0 fully saturated rings. The summed E-state index contributed by atoms with van der Waals surface area (Å²) in [6.07, 6.45) is -4.13. The predicted octanol–water partition coefficient (Wildman–Crippen LogP) is 5.49. The van der Waals surface area contributed by atoms with Gasteiger partial charge in [0.1, 0.15) is 10.8 Å². The van der Waals surface area contributed by atoms with Gasteiger partial charge in [-0.3, -0.25) is 4.79 Å². The van der Waals surface area contributed by atoms with Crippen LogP contribution in [0.5, 0.6) is 0 Å². The van der Waals surface area contributed by atoms with Gasteiger partial charge in [-0.05, 0) is 31.0 Å². The lowest BCUT2D eigenvalue weighted by Crippen LogP contribution is -2.36. The highest BCUT2D eigenvalue weighted by molar-refractivity contribution is 9.10. The molecule has 1 aliphatic heterocycles. The van der Waals surface area contributed by atoms with Crippen LogP contribution >= 0.6 is 27.5 Å². The molecule has 0 saturated carbocycles. The van der Waals surface area contributed by atoms with E-state index in [9.17, 15) is 18.0 Å². The van der Waals surface area contributed by atoms with Crippen molar-refractivity contribution in [1.29, 1.82) is 0 Å². The third kappa shape index (κ3) is 4.15. The maximum Gasteiger partial charge on any atom is 0.410 e. The van der Waals surface area contributed by atoms with Gasteiger partial charge in [-0.2, -0.15) is 18.3 Å². The molecule has 0 aliphatic carbocycles. The summed E-state index contributed by atoms with van der Waals surface area (Å²) in [4.78, 5) is 12.4. The number of amides is 1. The first-order valence-corrected chi connectivity index (χ1v) is 9.96. The SMILES string of the molecule is CC[C@H](C)NC(=O)c1nn2c(c1Cl)N[C@H](c1ccc(Br)cc1)C[C@@H]2C(F)(F)F. The molecule has 0 unspecified atom stereocenters. The fraction of sp³-hybridized carbons (Fsp3) is 0.444. The minimum absolute atomic E-state index is 0.00235. The fourth-order valence-electron chi connectivity index (χ4n) is 3.04. The Balaban J connectivity index is 2.00. The molecule has 2 aromatic rings. The number of benzene rings is 1. The van der Waals surface area contributed by atoms with Crippen molar-refractivity contribution in [2.24, 2.45) is 0 Å². The molecule has 0 bridgehead atoms. The van der Waals surface area contributed by atoms with Crippen molar-refractivity contribution in [3.63, 3.8) is 0 Å². The first-order valence-electron chi connectivity index (χ1n) is 8.79. The molecule has 1 aliphatic rings. The number of anilines is 1. The molecule has 0 saturated heterocycles. The highest BCUT2D eigenvalue weighted by atomic mass is 79.9. The molecule has 1 aromatic carbocycles. The quantitative estimate of drug-likeness (QED) is 0.610. The molecule has 2 heterocycles. The highest BCUT2D eigenvalue weighted by Crippen LogP contribution is 2.46. The van der Waals surface area contributed by atoms with Crippen molar-refractivity contribution in [2.45, 2.75) is 51.0 Å². The van der Waals surface area contributed by atoms with Gasteiger partial charge in [0.2, 0.25) is 0 Å². The average molecular weight is 480 g/mol. The van der Waals surface area contributed by atoms with Gasteiger partial charge < -0.3 is 10.6 Å². The van der Waals surface area contributed by atoms with Crippen LogP contribution in [0.1, 0.15) is 54.8 Å². The van der Waals surface area contributed by atoms with Crippen molar-refractivity contribution in [3.8, 4) is 0 Å². The predicted molar refractivity (Wildman–Crippen MR) is 105 cm³/mol. The smallest absolute Gasteiger partial charge is 0.362 e. The summed E-state index contributed by atoms with van der Waals surface area (Å²) in [5, 5.41) is 9.50. The van der Waals surface area contributed by atoms with E-state index in [1.807, 2.05) is 6.92 Å². The van der Waals surface area contributed by atoms with Crippen molar-refractivity contribution >= 4 is 39.3 Å². The van der Waals surface area contributed by atoms with Crippen LogP contribution in [0.15, 0.2) is 28.7 Å². The van der Waals surface area contributed by atoms with E-state index in [0.717, 1.165) is 9.15 Å². The van der Waals surface area contributed by atoms with Crippen LogP contribution in [0.4, 0.5) is 19.0 Å². The summed E-state index contributed by atoms with van der Waals surface area (Å²) in [7, 11) is 0.